The number of nitrogens with one attached hydrogen (secondary N) is 1. The summed E-state index contributed by atoms with van der Waals surface area (Å²) in [6.45, 7) is 1.93. The van der Waals surface area contributed by atoms with Crippen molar-refractivity contribution in [2.24, 2.45) is 13.0 Å². The highest BCUT2D eigenvalue weighted by Crippen LogP contribution is 2.26. The maximum Gasteiger partial charge on any atom is 0.228 e. The van der Waals surface area contributed by atoms with Gasteiger partial charge < -0.3 is 14.8 Å². The third-order valence-electron chi connectivity index (χ3n) is 4.17. The summed E-state index contributed by atoms with van der Waals surface area (Å²) >= 11 is 0. The number of likely N-dealkylation sites (tertiary alicyclic amines) is 1. The van der Waals surface area contributed by atoms with Crippen molar-refractivity contribution in [3.63, 3.8) is 0 Å². The number of carbonyl (C=O) groups is 2. The lowest BCUT2D eigenvalue weighted by Gasteiger charge is -2.33. The van der Waals surface area contributed by atoms with Gasteiger partial charge in [0.1, 0.15) is 12.2 Å². The molecule has 7 nitrogen and oxygen atoms in total. The van der Waals surface area contributed by atoms with Gasteiger partial charge in [-0.15, -0.1) is 10.2 Å². The number of piperidine rings is 1. The zero-order chi connectivity index (χ0) is 14.1. The van der Waals surface area contributed by atoms with Gasteiger partial charge in [-0.1, -0.05) is 0 Å². The van der Waals surface area contributed by atoms with Gasteiger partial charge in [0, 0.05) is 39.0 Å². The summed E-state index contributed by atoms with van der Waals surface area (Å²) in [6.07, 6.45) is 4.01. The highest BCUT2D eigenvalue weighted by atomic mass is 16.2. The molecule has 2 unspecified atom stereocenters. The topological polar surface area (TPSA) is 80.1 Å². The van der Waals surface area contributed by atoms with Crippen molar-refractivity contribution in [2.75, 3.05) is 19.6 Å². The van der Waals surface area contributed by atoms with E-state index in [4.69, 9.17) is 0 Å². The predicted molar refractivity (Wildman–Crippen MR) is 70.7 cm³/mol. The van der Waals surface area contributed by atoms with Crippen molar-refractivity contribution in [2.45, 2.75) is 25.2 Å². The van der Waals surface area contributed by atoms with Gasteiger partial charge in [0.05, 0.1) is 5.92 Å². The lowest BCUT2D eigenvalue weighted by molar-refractivity contribution is -0.137. The fourth-order valence-electron chi connectivity index (χ4n) is 3.09. The van der Waals surface area contributed by atoms with Crippen LogP contribution in [0.5, 0.6) is 0 Å². The second kappa shape index (κ2) is 5.22. The molecule has 0 spiro atoms. The Bertz CT molecular complexity index is 527. The second-order valence-electron chi connectivity index (χ2n) is 5.63. The molecule has 0 aliphatic carbocycles. The molecule has 0 aromatic carbocycles. The molecule has 7 heteroatoms. The SMILES string of the molecule is Cn1cnnc1C1CCCN(C(=O)C2CNC(=O)C2)C1. The van der Waals surface area contributed by atoms with Crippen LogP contribution in [0.3, 0.4) is 0 Å². The molecule has 2 aliphatic heterocycles. The lowest BCUT2D eigenvalue weighted by Crippen LogP contribution is -2.43. The van der Waals surface area contributed by atoms with Crippen LogP contribution in [0.4, 0.5) is 0 Å². The van der Waals surface area contributed by atoms with Gasteiger partial charge in [0.2, 0.25) is 11.8 Å². The molecule has 2 saturated heterocycles. The summed E-state index contributed by atoms with van der Waals surface area (Å²) in [6, 6.07) is 0. The molecular weight excluding hydrogens is 258 g/mol. The average molecular weight is 277 g/mol. The smallest absolute Gasteiger partial charge is 0.228 e. The summed E-state index contributed by atoms with van der Waals surface area (Å²) in [4.78, 5) is 25.6. The third kappa shape index (κ3) is 2.39. The molecule has 3 heterocycles. The number of aromatic nitrogens is 3. The summed E-state index contributed by atoms with van der Waals surface area (Å²) < 4.78 is 1.92. The standard InChI is InChI=1S/C13H19N5O2/c1-17-8-15-16-12(17)9-3-2-4-18(7-9)13(20)10-5-11(19)14-6-10/h8-10H,2-7H2,1H3,(H,14,19). The number of hydrogen-bond acceptors (Lipinski definition) is 4. The van der Waals surface area contributed by atoms with E-state index < -0.39 is 0 Å². The molecule has 2 atom stereocenters. The van der Waals surface area contributed by atoms with E-state index in [9.17, 15) is 9.59 Å². The van der Waals surface area contributed by atoms with Crippen LogP contribution in [0.15, 0.2) is 6.33 Å². The summed E-state index contributed by atoms with van der Waals surface area (Å²) in [5.41, 5.74) is 0. The Balaban J connectivity index is 1.67. The minimum atomic E-state index is -0.194. The molecule has 2 fully saturated rings. The highest BCUT2D eigenvalue weighted by Gasteiger charge is 2.34. The maximum atomic E-state index is 12.4. The zero-order valence-corrected chi connectivity index (χ0v) is 11.6. The third-order valence-corrected chi connectivity index (χ3v) is 4.17. The Morgan fingerprint density at radius 2 is 2.35 bits per heavy atom. The minimum absolute atomic E-state index is 0.0230. The molecule has 20 heavy (non-hydrogen) atoms. The van der Waals surface area contributed by atoms with Gasteiger partial charge >= 0.3 is 0 Å². The number of hydrogen-bond donors (Lipinski definition) is 1. The van der Waals surface area contributed by atoms with E-state index in [1.54, 1.807) is 6.33 Å². The van der Waals surface area contributed by atoms with E-state index in [1.807, 2.05) is 16.5 Å². The van der Waals surface area contributed by atoms with Crippen molar-refractivity contribution in [1.82, 2.24) is 25.0 Å². The quantitative estimate of drug-likeness (QED) is 0.802. The van der Waals surface area contributed by atoms with Crippen LogP contribution in [0.2, 0.25) is 0 Å². The Morgan fingerprint density at radius 3 is 3.00 bits per heavy atom. The van der Waals surface area contributed by atoms with Crippen molar-refractivity contribution in [3.05, 3.63) is 12.2 Å². The van der Waals surface area contributed by atoms with Crippen LogP contribution in [0.25, 0.3) is 0 Å². The molecule has 108 valence electrons. The molecule has 3 rings (SSSR count). The first kappa shape index (κ1) is 13.1. The Hall–Kier alpha value is -1.92. The fraction of sp³-hybridized carbons (Fsp3) is 0.692. The normalized spacial score (nSPS) is 26.6. The minimum Gasteiger partial charge on any atom is -0.355 e. The lowest BCUT2D eigenvalue weighted by atomic mass is 9.95. The molecule has 1 aromatic rings. The van der Waals surface area contributed by atoms with Gasteiger partial charge in [-0.05, 0) is 12.8 Å². The average Bonchev–Trinajstić information content (AvgIpc) is 3.07. The Morgan fingerprint density at radius 1 is 1.50 bits per heavy atom. The first-order valence-electron chi connectivity index (χ1n) is 7.04. The van der Waals surface area contributed by atoms with Gasteiger partial charge in [0.25, 0.3) is 0 Å². The fourth-order valence-corrected chi connectivity index (χ4v) is 3.09. The number of nitrogens with zero attached hydrogens (tertiary/aromatic N) is 4. The molecule has 2 aliphatic rings. The highest BCUT2D eigenvalue weighted by molar-refractivity contribution is 5.89. The first-order valence-corrected chi connectivity index (χ1v) is 7.04. The van der Waals surface area contributed by atoms with E-state index in [0.29, 0.717) is 19.5 Å². The summed E-state index contributed by atoms with van der Waals surface area (Å²) in [5.74, 6) is 1.05. The van der Waals surface area contributed by atoms with Gasteiger partial charge in [0.15, 0.2) is 0 Å². The van der Waals surface area contributed by atoms with Crippen LogP contribution in [0, 0.1) is 5.92 Å². The van der Waals surface area contributed by atoms with Crippen molar-refractivity contribution in [1.29, 1.82) is 0 Å². The van der Waals surface area contributed by atoms with Gasteiger partial charge in [-0.2, -0.15) is 0 Å². The molecule has 2 amide bonds. The Labute approximate surface area is 117 Å². The first-order chi connectivity index (χ1) is 9.65. The number of aryl methyl sites for hydroxylation is 1. The van der Waals surface area contributed by atoms with Crippen LogP contribution in [-0.4, -0.2) is 51.1 Å². The van der Waals surface area contributed by atoms with E-state index in [2.05, 4.69) is 15.5 Å². The van der Waals surface area contributed by atoms with Gasteiger partial charge in [-0.25, -0.2) is 0 Å². The van der Waals surface area contributed by atoms with Gasteiger partial charge in [-0.3, -0.25) is 9.59 Å². The number of carbonyl (C=O) groups excluding carboxylic acids is 2. The van der Waals surface area contributed by atoms with E-state index in [0.717, 1.165) is 25.2 Å². The summed E-state index contributed by atoms with van der Waals surface area (Å²) in [7, 11) is 1.93. The van der Waals surface area contributed by atoms with Crippen LogP contribution in [0.1, 0.15) is 31.0 Å². The molecule has 0 radical (unpaired) electrons. The van der Waals surface area contributed by atoms with Crippen molar-refractivity contribution < 1.29 is 9.59 Å². The largest absolute Gasteiger partial charge is 0.355 e. The molecule has 0 bridgehead atoms. The van der Waals surface area contributed by atoms with Crippen LogP contribution < -0.4 is 5.32 Å². The zero-order valence-electron chi connectivity index (χ0n) is 11.6. The molecule has 0 saturated carbocycles. The number of rotatable bonds is 2. The molecule has 1 aromatic heterocycles. The monoisotopic (exact) mass is 277 g/mol. The van der Waals surface area contributed by atoms with Crippen LogP contribution in [-0.2, 0) is 16.6 Å². The number of amides is 2. The van der Waals surface area contributed by atoms with Crippen LogP contribution >= 0.6 is 0 Å². The second-order valence-corrected chi connectivity index (χ2v) is 5.63. The molecular formula is C13H19N5O2. The predicted octanol–water partition coefficient (Wildman–Crippen LogP) is -0.343. The van der Waals surface area contributed by atoms with E-state index >= 15 is 0 Å². The van der Waals surface area contributed by atoms with Crippen molar-refractivity contribution in [3.8, 4) is 0 Å². The van der Waals surface area contributed by atoms with E-state index in [-0.39, 0.29) is 23.7 Å². The van der Waals surface area contributed by atoms with Crippen molar-refractivity contribution >= 4 is 11.8 Å². The van der Waals surface area contributed by atoms with E-state index in [1.165, 1.54) is 0 Å². The molecule has 1 N–H and O–H groups in total. The summed E-state index contributed by atoms with van der Waals surface area (Å²) in [5, 5.41) is 10.8. The Kier molecular flexibility index (Phi) is 3.42. The maximum absolute atomic E-state index is 12.4.